The highest BCUT2D eigenvalue weighted by Crippen LogP contribution is 2.40. The minimum atomic E-state index is -0.354. The van der Waals surface area contributed by atoms with E-state index in [-0.39, 0.29) is 11.2 Å². The van der Waals surface area contributed by atoms with Gasteiger partial charge in [0.25, 0.3) is 0 Å². The van der Waals surface area contributed by atoms with E-state index in [2.05, 4.69) is 28.7 Å². The van der Waals surface area contributed by atoms with Gasteiger partial charge in [-0.15, -0.1) is 0 Å². The van der Waals surface area contributed by atoms with Gasteiger partial charge in [0.1, 0.15) is 16.9 Å². The molecule has 1 aliphatic heterocycles. The molecule has 0 saturated carbocycles. The van der Waals surface area contributed by atoms with Crippen molar-refractivity contribution < 1.29 is 9.15 Å². The molecular formula is C15H13IO3. The summed E-state index contributed by atoms with van der Waals surface area (Å²) in [5.74, 6) is 0.802. The van der Waals surface area contributed by atoms with Crippen molar-refractivity contribution >= 4 is 39.6 Å². The largest absolute Gasteiger partial charge is 0.482 e. The van der Waals surface area contributed by atoms with Crippen LogP contribution in [-0.4, -0.2) is 5.60 Å². The van der Waals surface area contributed by atoms with Crippen molar-refractivity contribution in [3.8, 4) is 5.75 Å². The van der Waals surface area contributed by atoms with Crippen LogP contribution in [0.1, 0.15) is 25.0 Å². The fraction of sp³-hybridized carbons (Fsp3) is 0.267. The lowest BCUT2D eigenvalue weighted by molar-refractivity contribution is 0.161. The first-order valence-corrected chi connectivity index (χ1v) is 7.10. The number of halogens is 1. The third kappa shape index (κ3) is 2.08. The maximum absolute atomic E-state index is 11.5. The maximum Gasteiger partial charge on any atom is 0.336 e. The van der Waals surface area contributed by atoms with Crippen molar-refractivity contribution in [2.45, 2.75) is 26.4 Å². The Morgan fingerprint density at radius 2 is 2.00 bits per heavy atom. The summed E-state index contributed by atoms with van der Waals surface area (Å²) in [6, 6.07) is 3.39. The quantitative estimate of drug-likeness (QED) is 0.523. The van der Waals surface area contributed by atoms with E-state index >= 15 is 0 Å². The van der Waals surface area contributed by atoms with E-state index in [0.717, 1.165) is 25.8 Å². The van der Waals surface area contributed by atoms with Crippen LogP contribution in [0, 0.1) is 10.5 Å². The average molecular weight is 368 g/mol. The highest BCUT2D eigenvalue weighted by Gasteiger charge is 2.26. The molecule has 0 N–H and O–H groups in total. The Bertz CT molecular complexity index is 769. The van der Waals surface area contributed by atoms with Crippen LogP contribution in [0.4, 0.5) is 0 Å². The normalized spacial score (nSPS) is 16.2. The average Bonchev–Trinajstić information content (AvgIpc) is 2.25. The summed E-state index contributed by atoms with van der Waals surface area (Å²) < 4.78 is 12.4. The van der Waals surface area contributed by atoms with E-state index < -0.39 is 0 Å². The standard InChI is InChI=1S/C15H13IO3/c1-8-6-12(17)18-11-7-10(16)9-4-5-15(2,3)19-14(9)13(8)11/h4-7H,1-3H3. The molecule has 3 nitrogen and oxygen atoms in total. The van der Waals surface area contributed by atoms with E-state index in [1.54, 1.807) is 0 Å². The molecule has 0 saturated heterocycles. The zero-order valence-electron chi connectivity index (χ0n) is 10.9. The Balaban J connectivity index is 2.46. The van der Waals surface area contributed by atoms with E-state index in [4.69, 9.17) is 9.15 Å². The molecule has 0 fully saturated rings. The van der Waals surface area contributed by atoms with Crippen LogP contribution in [0.5, 0.6) is 5.75 Å². The molecule has 2 heterocycles. The van der Waals surface area contributed by atoms with E-state index in [0.29, 0.717) is 5.58 Å². The van der Waals surface area contributed by atoms with Crippen LogP contribution >= 0.6 is 22.6 Å². The molecule has 1 aromatic carbocycles. The van der Waals surface area contributed by atoms with Gasteiger partial charge in [-0.3, -0.25) is 0 Å². The third-order valence-corrected chi connectivity index (χ3v) is 4.08. The molecule has 1 aromatic heterocycles. The Labute approximate surface area is 124 Å². The van der Waals surface area contributed by atoms with Crippen LogP contribution in [0.15, 0.2) is 27.4 Å². The van der Waals surface area contributed by atoms with Crippen LogP contribution in [-0.2, 0) is 0 Å². The van der Waals surface area contributed by atoms with Gasteiger partial charge in [-0.2, -0.15) is 0 Å². The first kappa shape index (κ1) is 12.7. The Hall–Kier alpha value is -1.30. The minimum Gasteiger partial charge on any atom is -0.482 e. The van der Waals surface area contributed by atoms with Crippen molar-refractivity contribution in [2.75, 3.05) is 0 Å². The highest BCUT2D eigenvalue weighted by molar-refractivity contribution is 14.1. The molecule has 0 unspecified atom stereocenters. The predicted molar refractivity (Wildman–Crippen MR) is 83.7 cm³/mol. The first-order valence-electron chi connectivity index (χ1n) is 6.02. The zero-order valence-corrected chi connectivity index (χ0v) is 13.1. The van der Waals surface area contributed by atoms with Gasteiger partial charge in [-0.1, -0.05) is 6.08 Å². The lowest BCUT2D eigenvalue weighted by atomic mass is 9.99. The molecule has 0 atom stereocenters. The van der Waals surface area contributed by atoms with Gasteiger partial charge in [0.15, 0.2) is 0 Å². The molecule has 0 radical (unpaired) electrons. The summed E-state index contributed by atoms with van der Waals surface area (Å²) in [4.78, 5) is 11.5. The fourth-order valence-corrected chi connectivity index (χ4v) is 3.01. The molecule has 4 heteroatoms. The highest BCUT2D eigenvalue weighted by atomic mass is 127. The predicted octanol–water partition coefficient (Wildman–Crippen LogP) is 3.89. The second-order valence-electron chi connectivity index (χ2n) is 5.26. The molecule has 1 aliphatic rings. The van der Waals surface area contributed by atoms with Crippen LogP contribution in [0.2, 0.25) is 0 Å². The topological polar surface area (TPSA) is 39.4 Å². The molecule has 0 aliphatic carbocycles. The lowest BCUT2D eigenvalue weighted by Crippen LogP contribution is -2.28. The van der Waals surface area contributed by atoms with Crippen LogP contribution in [0.25, 0.3) is 17.0 Å². The van der Waals surface area contributed by atoms with E-state index in [1.807, 2.05) is 32.9 Å². The van der Waals surface area contributed by atoms with Crippen molar-refractivity contribution in [1.82, 2.24) is 0 Å². The fourth-order valence-electron chi connectivity index (χ4n) is 2.30. The SMILES string of the molecule is Cc1cc(=O)oc2cc(I)c3c(c12)OC(C)(C)C=C3. The zero-order chi connectivity index (χ0) is 13.8. The monoisotopic (exact) mass is 368 g/mol. The Morgan fingerprint density at radius 1 is 1.26 bits per heavy atom. The molecule has 0 bridgehead atoms. The number of hydrogen-bond acceptors (Lipinski definition) is 3. The second kappa shape index (κ2) is 4.10. The van der Waals surface area contributed by atoms with Gasteiger partial charge in [0.05, 0.1) is 5.39 Å². The Morgan fingerprint density at radius 3 is 2.74 bits per heavy atom. The lowest BCUT2D eigenvalue weighted by Gasteiger charge is -2.29. The van der Waals surface area contributed by atoms with Crippen molar-refractivity contribution in [2.24, 2.45) is 0 Å². The van der Waals surface area contributed by atoms with Crippen molar-refractivity contribution in [3.63, 3.8) is 0 Å². The number of rotatable bonds is 0. The molecule has 3 rings (SSSR count). The number of benzene rings is 1. The molecule has 98 valence electrons. The van der Waals surface area contributed by atoms with E-state index in [9.17, 15) is 4.79 Å². The van der Waals surface area contributed by atoms with Crippen LogP contribution < -0.4 is 10.4 Å². The summed E-state index contributed by atoms with van der Waals surface area (Å²) >= 11 is 2.23. The molecule has 19 heavy (non-hydrogen) atoms. The van der Waals surface area contributed by atoms with Crippen molar-refractivity contribution in [3.05, 3.63) is 43.3 Å². The smallest absolute Gasteiger partial charge is 0.336 e. The van der Waals surface area contributed by atoms with E-state index in [1.165, 1.54) is 6.07 Å². The molecule has 0 spiro atoms. The summed E-state index contributed by atoms with van der Waals surface area (Å²) in [7, 11) is 0. The van der Waals surface area contributed by atoms with Crippen molar-refractivity contribution in [1.29, 1.82) is 0 Å². The molecular weight excluding hydrogens is 355 g/mol. The third-order valence-electron chi connectivity index (χ3n) is 3.19. The molecule has 0 amide bonds. The summed E-state index contributed by atoms with van der Waals surface area (Å²) in [6.07, 6.45) is 4.11. The van der Waals surface area contributed by atoms with Gasteiger partial charge in [-0.25, -0.2) is 4.79 Å². The molecule has 2 aromatic rings. The first-order chi connectivity index (χ1) is 8.87. The number of aryl methyl sites for hydroxylation is 1. The van der Waals surface area contributed by atoms with Gasteiger partial charge in [0.2, 0.25) is 0 Å². The Kier molecular flexibility index (Phi) is 2.74. The number of hydrogen-bond donors (Lipinski definition) is 0. The summed E-state index contributed by atoms with van der Waals surface area (Å²) in [5, 5.41) is 0.882. The van der Waals surface area contributed by atoms with Gasteiger partial charge >= 0.3 is 5.63 Å². The second-order valence-corrected chi connectivity index (χ2v) is 6.42. The summed E-state index contributed by atoms with van der Waals surface area (Å²) in [5.41, 5.74) is 1.83. The number of ether oxygens (including phenoxy) is 1. The van der Waals surface area contributed by atoms with Gasteiger partial charge < -0.3 is 9.15 Å². The number of fused-ring (bicyclic) bond motifs is 3. The minimum absolute atomic E-state index is 0.327. The maximum atomic E-state index is 11.5. The van der Waals surface area contributed by atoms with Crippen LogP contribution in [0.3, 0.4) is 0 Å². The summed E-state index contributed by atoms with van der Waals surface area (Å²) in [6.45, 7) is 5.92. The van der Waals surface area contributed by atoms with Gasteiger partial charge in [-0.05, 0) is 61.1 Å². The van der Waals surface area contributed by atoms with Gasteiger partial charge in [0, 0.05) is 15.2 Å².